The van der Waals surface area contributed by atoms with Crippen molar-refractivity contribution in [2.45, 2.75) is 0 Å². The molecule has 1 aliphatic rings. The van der Waals surface area contributed by atoms with E-state index >= 15 is 0 Å². The molecule has 0 saturated carbocycles. The number of amides is 3. The van der Waals surface area contributed by atoms with Crippen LogP contribution in [-0.4, -0.2) is 70.3 Å². The number of hydrogen-bond donors (Lipinski definition) is 3. The second kappa shape index (κ2) is 11.1. The van der Waals surface area contributed by atoms with Crippen molar-refractivity contribution in [2.75, 3.05) is 69.0 Å². The number of urea groups is 1. The van der Waals surface area contributed by atoms with Gasteiger partial charge < -0.3 is 25.6 Å². The molecule has 1 fully saturated rings. The predicted octanol–water partition coefficient (Wildman–Crippen LogP) is 2.33. The Hall–Kier alpha value is -3.61. The number of morpholine rings is 1. The molecule has 2 aromatic rings. The van der Waals surface area contributed by atoms with Crippen LogP contribution in [0.4, 0.5) is 21.9 Å². The van der Waals surface area contributed by atoms with Gasteiger partial charge in [0.15, 0.2) is 0 Å². The van der Waals surface area contributed by atoms with E-state index in [1.54, 1.807) is 42.5 Å². The largest absolute Gasteiger partial charge is 0.379 e. The third-order valence-electron chi connectivity index (χ3n) is 5.05. The molecule has 1 heterocycles. The van der Waals surface area contributed by atoms with Gasteiger partial charge in [-0.1, -0.05) is 6.07 Å². The van der Waals surface area contributed by atoms with Crippen molar-refractivity contribution >= 4 is 29.0 Å². The molecule has 0 spiro atoms. The maximum atomic E-state index is 12.9. The van der Waals surface area contributed by atoms with Gasteiger partial charge in [-0.05, 0) is 36.4 Å². The van der Waals surface area contributed by atoms with Crippen LogP contribution in [0.5, 0.6) is 0 Å². The van der Waals surface area contributed by atoms with Gasteiger partial charge in [-0.3, -0.25) is 9.69 Å². The molecular formula is C23H28N6O3. The van der Waals surface area contributed by atoms with Crippen LogP contribution in [0.2, 0.25) is 0 Å². The highest BCUT2D eigenvalue weighted by molar-refractivity contribution is 6.04. The lowest BCUT2D eigenvalue weighted by Gasteiger charge is -2.26. The molecule has 2 aromatic carbocycles. The quantitative estimate of drug-likeness (QED) is 0.615. The van der Waals surface area contributed by atoms with E-state index in [0.717, 1.165) is 38.5 Å². The van der Waals surface area contributed by atoms with E-state index in [4.69, 9.17) is 10.00 Å². The molecule has 0 aliphatic carbocycles. The van der Waals surface area contributed by atoms with E-state index in [2.05, 4.69) is 20.9 Å². The minimum Gasteiger partial charge on any atom is -0.379 e. The lowest BCUT2D eigenvalue weighted by atomic mass is 10.1. The number of hydrogen-bond acceptors (Lipinski definition) is 6. The first-order valence-corrected chi connectivity index (χ1v) is 10.4. The van der Waals surface area contributed by atoms with Gasteiger partial charge in [0.25, 0.3) is 5.91 Å². The summed E-state index contributed by atoms with van der Waals surface area (Å²) in [7, 11) is 3.73. The zero-order chi connectivity index (χ0) is 22.9. The predicted molar refractivity (Wildman–Crippen MR) is 124 cm³/mol. The van der Waals surface area contributed by atoms with Gasteiger partial charge in [0.1, 0.15) is 0 Å². The van der Waals surface area contributed by atoms with Crippen molar-refractivity contribution < 1.29 is 14.3 Å². The van der Waals surface area contributed by atoms with Crippen molar-refractivity contribution in [3.63, 3.8) is 0 Å². The topological polar surface area (TPSA) is 110 Å². The first-order valence-electron chi connectivity index (χ1n) is 10.4. The highest BCUT2D eigenvalue weighted by Crippen LogP contribution is 2.23. The zero-order valence-corrected chi connectivity index (χ0v) is 18.4. The summed E-state index contributed by atoms with van der Waals surface area (Å²) >= 11 is 0. The van der Waals surface area contributed by atoms with E-state index in [1.807, 2.05) is 25.1 Å². The average Bonchev–Trinajstić information content (AvgIpc) is 2.79. The number of benzene rings is 2. The maximum Gasteiger partial charge on any atom is 0.323 e. The van der Waals surface area contributed by atoms with Crippen LogP contribution in [-0.2, 0) is 4.74 Å². The Balaban J connectivity index is 1.64. The van der Waals surface area contributed by atoms with Gasteiger partial charge in [0, 0.05) is 57.3 Å². The number of nitrogens with zero attached hydrogens (tertiary/aromatic N) is 3. The number of nitriles is 1. The van der Waals surface area contributed by atoms with E-state index in [0.29, 0.717) is 29.0 Å². The molecule has 9 nitrogen and oxygen atoms in total. The maximum absolute atomic E-state index is 12.9. The average molecular weight is 437 g/mol. The van der Waals surface area contributed by atoms with Gasteiger partial charge in [-0.15, -0.1) is 0 Å². The standard InChI is InChI=1S/C23H28N6O3/c1-28(2)21-7-6-19(27-23(31)26-18-5-3-4-17(14-18)16-24)15-20(21)22(30)25-8-9-29-10-12-32-13-11-29/h3-7,14-15H,8-13H2,1-2H3,(H,25,30)(H2,26,27,31). The van der Waals surface area contributed by atoms with E-state index in [-0.39, 0.29) is 5.91 Å². The number of anilines is 3. The Morgan fingerprint density at radius 1 is 1.09 bits per heavy atom. The van der Waals surface area contributed by atoms with Crippen LogP contribution < -0.4 is 20.9 Å². The van der Waals surface area contributed by atoms with Crippen molar-refractivity contribution in [1.82, 2.24) is 10.2 Å². The summed E-state index contributed by atoms with van der Waals surface area (Å²) in [5.41, 5.74) is 2.67. The Morgan fingerprint density at radius 3 is 2.50 bits per heavy atom. The molecule has 3 amide bonds. The van der Waals surface area contributed by atoms with Crippen molar-refractivity contribution in [3.8, 4) is 6.07 Å². The molecule has 3 N–H and O–H groups in total. The van der Waals surface area contributed by atoms with Crippen LogP contribution in [0.15, 0.2) is 42.5 Å². The lowest BCUT2D eigenvalue weighted by Crippen LogP contribution is -2.41. The molecule has 32 heavy (non-hydrogen) atoms. The molecule has 0 radical (unpaired) electrons. The summed E-state index contributed by atoms with van der Waals surface area (Å²) < 4.78 is 5.34. The van der Waals surface area contributed by atoms with Crippen LogP contribution in [0.1, 0.15) is 15.9 Å². The fourth-order valence-electron chi connectivity index (χ4n) is 3.39. The number of ether oxygens (including phenoxy) is 1. The van der Waals surface area contributed by atoms with Crippen molar-refractivity contribution in [3.05, 3.63) is 53.6 Å². The Labute approximate surface area is 187 Å². The molecule has 0 unspecified atom stereocenters. The monoisotopic (exact) mass is 436 g/mol. The second-order valence-corrected chi connectivity index (χ2v) is 7.61. The van der Waals surface area contributed by atoms with E-state index in [1.165, 1.54) is 0 Å². The third-order valence-corrected chi connectivity index (χ3v) is 5.05. The number of nitrogens with one attached hydrogen (secondary N) is 3. The summed E-state index contributed by atoms with van der Waals surface area (Å²) in [5.74, 6) is -0.201. The molecule has 9 heteroatoms. The van der Waals surface area contributed by atoms with Crippen molar-refractivity contribution in [2.24, 2.45) is 0 Å². The SMILES string of the molecule is CN(C)c1ccc(NC(=O)Nc2cccc(C#N)c2)cc1C(=O)NCCN1CCOCC1. The molecule has 0 bridgehead atoms. The Bertz CT molecular complexity index is 995. The van der Waals surface area contributed by atoms with Crippen LogP contribution in [0.3, 0.4) is 0 Å². The molecule has 1 saturated heterocycles. The van der Waals surface area contributed by atoms with Gasteiger partial charge >= 0.3 is 6.03 Å². The Kier molecular flexibility index (Phi) is 8.02. The smallest absolute Gasteiger partial charge is 0.323 e. The Morgan fingerprint density at radius 2 is 1.81 bits per heavy atom. The highest BCUT2D eigenvalue weighted by Gasteiger charge is 2.16. The number of rotatable bonds is 7. The highest BCUT2D eigenvalue weighted by atomic mass is 16.5. The van der Waals surface area contributed by atoms with Gasteiger partial charge in [-0.25, -0.2) is 4.79 Å². The lowest BCUT2D eigenvalue weighted by molar-refractivity contribution is 0.0383. The van der Waals surface area contributed by atoms with Crippen LogP contribution in [0, 0.1) is 11.3 Å². The van der Waals surface area contributed by atoms with Gasteiger partial charge in [-0.2, -0.15) is 5.26 Å². The summed E-state index contributed by atoms with van der Waals surface area (Å²) in [5, 5.41) is 17.4. The van der Waals surface area contributed by atoms with Crippen LogP contribution in [0.25, 0.3) is 0 Å². The van der Waals surface area contributed by atoms with Gasteiger partial charge in [0.2, 0.25) is 0 Å². The summed E-state index contributed by atoms with van der Waals surface area (Å²) in [6.45, 7) is 4.45. The zero-order valence-electron chi connectivity index (χ0n) is 18.4. The molecular weight excluding hydrogens is 408 g/mol. The first-order chi connectivity index (χ1) is 15.5. The normalized spacial score (nSPS) is 13.7. The molecule has 0 atom stereocenters. The summed E-state index contributed by atoms with van der Waals surface area (Å²) in [6.07, 6.45) is 0. The third kappa shape index (κ3) is 6.44. The van der Waals surface area contributed by atoms with Crippen molar-refractivity contribution in [1.29, 1.82) is 5.26 Å². The fourth-order valence-corrected chi connectivity index (χ4v) is 3.39. The fraction of sp³-hybridized carbons (Fsp3) is 0.348. The van der Waals surface area contributed by atoms with Crippen LogP contribution >= 0.6 is 0 Å². The minimum atomic E-state index is -0.462. The molecule has 1 aliphatic heterocycles. The summed E-state index contributed by atoms with van der Waals surface area (Å²) in [4.78, 5) is 29.4. The van der Waals surface area contributed by atoms with E-state index < -0.39 is 6.03 Å². The summed E-state index contributed by atoms with van der Waals surface area (Å²) in [6, 6.07) is 13.4. The van der Waals surface area contributed by atoms with Gasteiger partial charge in [0.05, 0.1) is 30.4 Å². The van der Waals surface area contributed by atoms with E-state index in [9.17, 15) is 9.59 Å². The molecule has 168 valence electrons. The number of carbonyl (C=O) groups is 2. The first kappa shape index (κ1) is 23.1. The molecule has 3 rings (SSSR count). The second-order valence-electron chi connectivity index (χ2n) is 7.61. The minimum absolute atomic E-state index is 0.201. The molecule has 0 aromatic heterocycles. The number of carbonyl (C=O) groups excluding carboxylic acids is 2.